The van der Waals surface area contributed by atoms with Crippen molar-refractivity contribution < 1.29 is 9.53 Å². The van der Waals surface area contributed by atoms with Crippen LogP contribution in [0.1, 0.15) is 26.7 Å². The zero-order valence-electron chi connectivity index (χ0n) is 8.25. The van der Waals surface area contributed by atoms with Crippen LogP contribution >= 0.6 is 0 Å². The van der Waals surface area contributed by atoms with Gasteiger partial charge in [0.1, 0.15) is 0 Å². The number of carbonyl (C=O) groups excluding carboxylic acids is 1. The summed E-state index contributed by atoms with van der Waals surface area (Å²) >= 11 is 0. The Balaban J connectivity index is 3.50. The van der Waals surface area contributed by atoms with Crippen LogP contribution in [0.15, 0.2) is 0 Å². The first-order chi connectivity index (χ1) is 6.06. The predicted molar refractivity (Wildman–Crippen MR) is 51.0 cm³/mol. The van der Waals surface area contributed by atoms with Crippen LogP contribution in [0.2, 0.25) is 0 Å². The zero-order valence-corrected chi connectivity index (χ0v) is 8.25. The molecule has 0 bridgehead atoms. The average molecular weight is 189 g/mol. The lowest BCUT2D eigenvalue weighted by Gasteiger charge is -2.13. The van der Waals surface area contributed by atoms with E-state index in [0.29, 0.717) is 13.0 Å². The van der Waals surface area contributed by atoms with Gasteiger partial charge >= 0.3 is 6.09 Å². The summed E-state index contributed by atoms with van der Waals surface area (Å²) in [6.45, 7) is 4.17. The maximum Gasteiger partial charge on any atom is 0.408 e. The van der Waals surface area contributed by atoms with Crippen LogP contribution < -0.4 is 16.8 Å². The molecular formula is C8H19N3O2. The molecule has 0 saturated carbocycles. The van der Waals surface area contributed by atoms with Crippen LogP contribution in [0, 0.1) is 0 Å². The number of nitrogens with one attached hydrogen (secondary N) is 1. The number of rotatable bonds is 5. The van der Waals surface area contributed by atoms with Crippen molar-refractivity contribution in [2.75, 3.05) is 6.54 Å². The number of ether oxygens (including phenoxy) is 1. The van der Waals surface area contributed by atoms with E-state index in [1.165, 1.54) is 0 Å². The molecule has 78 valence electrons. The van der Waals surface area contributed by atoms with Gasteiger partial charge < -0.3 is 15.8 Å². The Bertz CT molecular complexity index is 150. The van der Waals surface area contributed by atoms with Gasteiger partial charge in [-0.25, -0.2) is 4.79 Å². The number of carbonyl (C=O) groups is 1. The average Bonchev–Trinajstić information content (AvgIpc) is 2.01. The van der Waals surface area contributed by atoms with E-state index in [0.717, 1.165) is 6.42 Å². The third-order valence-electron chi connectivity index (χ3n) is 1.40. The fourth-order valence-corrected chi connectivity index (χ4v) is 0.767. The van der Waals surface area contributed by atoms with Gasteiger partial charge in [0.25, 0.3) is 0 Å². The van der Waals surface area contributed by atoms with E-state index in [1.54, 1.807) is 6.92 Å². The minimum atomic E-state index is -0.516. The van der Waals surface area contributed by atoms with Gasteiger partial charge in [0.15, 0.2) is 6.23 Å². The Hall–Kier alpha value is -0.810. The quantitative estimate of drug-likeness (QED) is 0.537. The number of hydrogen-bond acceptors (Lipinski definition) is 4. The van der Waals surface area contributed by atoms with E-state index in [2.05, 4.69) is 5.32 Å². The molecule has 0 aromatic rings. The number of alkyl carbamates (subject to hydrolysis) is 1. The van der Waals surface area contributed by atoms with Crippen molar-refractivity contribution in [2.45, 2.75) is 39.0 Å². The second-order valence-corrected chi connectivity index (χ2v) is 3.09. The zero-order chi connectivity index (χ0) is 10.3. The number of amides is 1. The lowest BCUT2D eigenvalue weighted by molar-refractivity contribution is 0.0953. The molecule has 0 aliphatic rings. The van der Waals surface area contributed by atoms with E-state index in [4.69, 9.17) is 16.2 Å². The molecule has 0 saturated heterocycles. The second-order valence-electron chi connectivity index (χ2n) is 3.09. The molecule has 13 heavy (non-hydrogen) atoms. The van der Waals surface area contributed by atoms with Crippen LogP contribution in [-0.2, 0) is 4.74 Å². The Morgan fingerprint density at radius 1 is 1.54 bits per heavy atom. The van der Waals surface area contributed by atoms with E-state index in [1.807, 2.05) is 6.92 Å². The van der Waals surface area contributed by atoms with Crippen LogP contribution in [-0.4, -0.2) is 24.9 Å². The summed E-state index contributed by atoms with van der Waals surface area (Å²) in [6.07, 6.45) is 0.546. The first kappa shape index (κ1) is 12.2. The molecule has 0 aliphatic heterocycles. The van der Waals surface area contributed by atoms with E-state index in [9.17, 15) is 4.79 Å². The van der Waals surface area contributed by atoms with Gasteiger partial charge in [0, 0.05) is 12.6 Å². The highest BCUT2D eigenvalue weighted by Crippen LogP contribution is 1.94. The lowest BCUT2D eigenvalue weighted by Crippen LogP contribution is -2.39. The summed E-state index contributed by atoms with van der Waals surface area (Å²) in [5.74, 6) is 0. The third-order valence-corrected chi connectivity index (χ3v) is 1.40. The number of nitrogens with two attached hydrogens (primary N) is 2. The molecule has 5 N–H and O–H groups in total. The highest BCUT2D eigenvalue weighted by molar-refractivity contribution is 5.67. The summed E-state index contributed by atoms with van der Waals surface area (Å²) in [5, 5.41) is 2.51. The molecule has 0 aliphatic carbocycles. The fourth-order valence-electron chi connectivity index (χ4n) is 0.767. The van der Waals surface area contributed by atoms with Gasteiger partial charge in [-0.1, -0.05) is 13.3 Å². The molecule has 0 aromatic carbocycles. The molecule has 0 fully saturated rings. The van der Waals surface area contributed by atoms with E-state index >= 15 is 0 Å². The Morgan fingerprint density at radius 3 is 2.62 bits per heavy atom. The standard InChI is InChI=1S/C8H19N3O2/c1-3-4-7(10)13-8(12)11-5-6(2)9/h6-7H,3-5,9-10H2,1-2H3,(H,11,12)/t6-,7?/m0/s1. The molecule has 1 amide bonds. The highest BCUT2D eigenvalue weighted by Gasteiger charge is 2.08. The third kappa shape index (κ3) is 7.55. The largest absolute Gasteiger partial charge is 0.431 e. The Kier molecular flexibility index (Phi) is 6.26. The minimum absolute atomic E-state index is 0.0741. The van der Waals surface area contributed by atoms with Crippen molar-refractivity contribution in [3.63, 3.8) is 0 Å². The van der Waals surface area contributed by atoms with Crippen LogP contribution in [0.3, 0.4) is 0 Å². The Morgan fingerprint density at radius 2 is 2.15 bits per heavy atom. The topological polar surface area (TPSA) is 90.4 Å². The smallest absolute Gasteiger partial charge is 0.408 e. The van der Waals surface area contributed by atoms with Crippen molar-refractivity contribution >= 4 is 6.09 Å². The normalized spacial score (nSPS) is 14.8. The number of hydrogen-bond donors (Lipinski definition) is 3. The summed E-state index contributed by atoms with van der Waals surface area (Å²) in [6, 6.07) is -0.0741. The molecule has 0 heterocycles. The maximum absolute atomic E-state index is 11.0. The van der Waals surface area contributed by atoms with Gasteiger partial charge in [-0.05, 0) is 13.3 Å². The van der Waals surface area contributed by atoms with Crippen molar-refractivity contribution in [3.8, 4) is 0 Å². The molecule has 0 spiro atoms. The van der Waals surface area contributed by atoms with Crippen molar-refractivity contribution in [1.29, 1.82) is 0 Å². The fraction of sp³-hybridized carbons (Fsp3) is 0.875. The first-order valence-electron chi connectivity index (χ1n) is 4.52. The minimum Gasteiger partial charge on any atom is -0.431 e. The molecule has 0 rings (SSSR count). The van der Waals surface area contributed by atoms with Crippen molar-refractivity contribution in [2.24, 2.45) is 11.5 Å². The molecule has 0 radical (unpaired) electrons. The molecule has 1 unspecified atom stereocenters. The van der Waals surface area contributed by atoms with Gasteiger partial charge in [0.05, 0.1) is 0 Å². The predicted octanol–water partition coefficient (Wildman–Crippen LogP) is 0.145. The van der Waals surface area contributed by atoms with Gasteiger partial charge in [-0.15, -0.1) is 0 Å². The monoisotopic (exact) mass is 189 g/mol. The van der Waals surface area contributed by atoms with Crippen LogP contribution in [0.25, 0.3) is 0 Å². The van der Waals surface area contributed by atoms with Gasteiger partial charge in [-0.3, -0.25) is 5.73 Å². The molecular weight excluding hydrogens is 170 g/mol. The molecule has 5 nitrogen and oxygen atoms in total. The van der Waals surface area contributed by atoms with Crippen molar-refractivity contribution in [3.05, 3.63) is 0 Å². The second kappa shape index (κ2) is 6.68. The van der Waals surface area contributed by atoms with E-state index in [-0.39, 0.29) is 6.04 Å². The summed E-state index contributed by atoms with van der Waals surface area (Å²) in [7, 11) is 0. The first-order valence-corrected chi connectivity index (χ1v) is 4.52. The molecule has 5 heteroatoms. The van der Waals surface area contributed by atoms with Gasteiger partial charge in [-0.2, -0.15) is 0 Å². The van der Waals surface area contributed by atoms with Crippen molar-refractivity contribution in [1.82, 2.24) is 5.32 Å². The van der Waals surface area contributed by atoms with Crippen LogP contribution in [0.5, 0.6) is 0 Å². The highest BCUT2D eigenvalue weighted by atomic mass is 16.6. The molecule has 2 atom stereocenters. The van der Waals surface area contributed by atoms with Gasteiger partial charge in [0.2, 0.25) is 0 Å². The van der Waals surface area contributed by atoms with E-state index < -0.39 is 12.3 Å². The van der Waals surface area contributed by atoms with Crippen LogP contribution in [0.4, 0.5) is 4.79 Å². The lowest BCUT2D eigenvalue weighted by atomic mass is 10.3. The molecule has 0 aromatic heterocycles. The Labute approximate surface area is 78.8 Å². The summed E-state index contributed by atoms with van der Waals surface area (Å²) in [4.78, 5) is 11.0. The maximum atomic E-state index is 11.0. The SMILES string of the molecule is CCCC(N)OC(=O)NC[C@H](C)N. The summed E-state index contributed by atoms with van der Waals surface area (Å²) < 4.78 is 4.81. The summed E-state index contributed by atoms with van der Waals surface area (Å²) in [5.41, 5.74) is 10.9.